The summed E-state index contributed by atoms with van der Waals surface area (Å²) in [5.41, 5.74) is 11.1. The van der Waals surface area contributed by atoms with Crippen molar-refractivity contribution in [2.75, 3.05) is 0 Å². The van der Waals surface area contributed by atoms with Gasteiger partial charge in [0.15, 0.2) is 0 Å². The maximum atomic E-state index is 9.77. The molecule has 0 amide bonds. The highest BCUT2D eigenvalue weighted by Crippen LogP contribution is 2.41. The van der Waals surface area contributed by atoms with Crippen LogP contribution in [-0.2, 0) is 0 Å². The third kappa shape index (κ3) is 4.64. The lowest BCUT2D eigenvalue weighted by atomic mass is 9.88. The summed E-state index contributed by atoms with van der Waals surface area (Å²) in [7, 11) is 0. The van der Waals surface area contributed by atoms with Gasteiger partial charge in [-0.3, -0.25) is 0 Å². The zero-order valence-electron chi connectivity index (χ0n) is 27.7. The normalized spacial score (nSPS) is 11.5. The summed E-state index contributed by atoms with van der Waals surface area (Å²) in [5, 5.41) is 19.5. The van der Waals surface area contributed by atoms with Crippen LogP contribution in [0, 0.1) is 11.3 Å². The van der Waals surface area contributed by atoms with Gasteiger partial charge in [-0.25, -0.2) is 0 Å². The molecule has 0 aliphatic heterocycles. The summed E-state index contributed by atoms with van der Waals surface area (Å²) in [6.45, 7) is 0. The van der Waals surface area contributed by atoms with Crippen LogP contribution in [0.3, 0.4) is 0 Å². The second-order valence-corrected chi connectivity index (χ2v) is 13.2. The molecule has 236 valence electrons. The molecule has 0 N–H and O–H groups in total. The molecular formula is C49H30N2. The second kappa shape index (κ2) is 11.6. The number of hydrogen-bond acceptors (Lipinski definition) is 1. The quantitative estimate of drug-likeness (QED) is 0.175. The van der Waals surface area contributed by atoms with E-state index >= 15 is 0 Å². The molecule has 51 heavy (non-hydrogen) atoms. The van der Waals surface area contributed by atoms with Crippen LogP contribution in [0.2, 0.25) is 0 Å². The van der Waals surface area contributed by atoms with E-state index in [4.69, 9.17) is 0 Å². The molecular weight excluding hydrogens is 617 g/mol. The van der Waals surface area contributed by atoms with E-state index in [9.17, 15) is 5.26 Å². The van der Waals surface area contributed by atoms with Gasteiger partial charge < -0.3 is 4.57 Å². The zero-order chi connectivity index (χ0) is 33.9. The second-order valence-electron chi connectivity index (χ2n) is 13.2. The van der Waals surface area contributed by atoms with E-state index in [2.05, 4.69) is 174 Å². The van der Waals surface area contributed by atoms with Crippen LogP contribution in [0.4, 0.5) is 0 Å². The molecule has 2 nitrogen and oxygen atoms in total. The molecule has 0 spiro atoms. The van der Waals surface area contributed by atoms with Crippen LogP contribution in [0.1, 0.15) is 5.56 Å². The Bertz CT molecular complexity index is 3020. The van der Waals surface area contributed by atoms with Gasteiger partial charge in [0.25, 0.3) is 0 Å². The Kier molecular flexibility index (Phi) is 6.59. The largest absolute Gasteiger partial charge is 0.309 e. The van der Waals surface area contributed by atoms with Gasteiger partial charge in [-0.2, -0.15) is 5.26 Å². The summed E-state index contributed by atoms with van der Waals surface area (Å²) in [4.78, 5) is 0. The molecule has 0 aliphatic rings. The van der Waals surface area contributed by atoms with Crippen molar-refractivity contribution in [1.82, 2.24) is 4.57 Å². The van der Waals surface area contributed by atoms with Crippen molar-refractivity contribution >= 4 is 54.1 Å². The zero-order valence-corrected chi connectivity index (χ0v) is 27.7. The first kappa shape index (κ1) is 29.0. The number of aromatic nitrogens is 1. The molecule has 9 aromatic carbocycles. The van der Waals surface area contributed by atoms with Gasteiger partial charge in [0, 0.05) is 16.5 Å². The molecule has 0 saturated carbocycles. The minimum Gasteiger partial charge on any atom is -0.309 e. The van der Waals surface area contributed by atoms with E-state index < -0.39 is 0 Å². The summed E-state index contributed by atoms with van der Waals surface area (Å²) in [6, 6.07) is 67.6. The van der Waals surface area contributed by atoms with Gasteiger partial charge in [0.2, 0.25) is 0 Å². The third-order valence-corrected chi connectivity index (χ3v) is 10.4. The van der Waals surface area contributed by atoms with Crippen molar-refractivity contribution in [2.24, 2.45) is 0 Å². The summed E-state index contributed by atoms with van der Waals surface area (Å²) in [6.07, 6.45) is 0. The van der Waals surface area contributed by atoms with Crippen molar-refractivity contribution in [2.45, 2.75) is 0 Å². The average Bonchev–Trinajstić information content (AvgIpc) is 3.53. The number of nitrogens with zero attached hydrogens (tertiary/aromatic N) is 2. The Labute approximate surface area is 295 Å². The van der Waals surface area contributed by atoms with Crippen LogP contribution in [0.15, 0.2) is 182 Å². The molecule has 1 heterocycles. The van der Waals surface area contributed by atoms with Crippen LogP contribution < -0.4 is 0 Å². The van der Waals surface area contributed by atoms with Gasteiger partial charge in [0.1, 0.15) is 0 Å². The molecule has 10 rings (SSSR count). The van der Waals surface area contributed by atoms with E-state index in [-0.39, 0.29) is 0 Å². The number of para-hydroxylation sites is 1. The van der Waals surface area contributed by atoms with Gasteiger partial charge in [-0.1, -0.05) is 127 Å². The predicted molar refractivity (Wildman–Crippen MR) is 214 cm³/mol. The van der Waals surface area contributed by atoms with Crippen molar-refractivity contribution in [3.8, 4) is 45.1 Å². The maximum absolute atomic E-state index is 9.77. The van der Waals surface area contributed by atoms with Gasteiger partial charge in [-0.15, -0.1) is 0 Å². The fourth-order valence-corrected chi connectivity index (χ4v) is 8.05. The Morgan fingerprint density at radius 1 is 0.333 bits per heavy atom. The molecule has 0 unspecified atom stereocenters. The Balaban J connectivity index is 1.17. The predicted octanol–water partition coefficient (Wildman–Crippen LogP) is 13.1. The Morgan fingerprint density at radius 3 is 1.73 bits per heavy atom. The summed E-state index contributed by atoms with van der Waals surface area (Å²) < 4.78 is 2.29. The fraction of sp³-hybridized carbons (Fsp3) is 0. The van der Waals surface area contributed by atoms with Crippen molar-refractivity contribution in [3.05, 3.63) is 188 Å². The summed E-state index contributed by atoms with van der Waals surface area (Å²) >= 11 is 0. The van der Waals surface area contributed by atoms with Crippen LogP contribution >= 0.6 is 0 Å². The topological polar surface area (TPSA) is 28.7 Å². The molecule has 0 radical (unpaired) electrons. The first-order valence-corrected chi connectivity index (χ1v) is 17.3. The van der Waals surface area contributed by atoms with Gasteiger partial charge in [-0.05, 0) is 120 Å². The van der Waals surface area contributed by atoms with Crippen LogP contribution in [0.5, 0.6) is 0 Å². The smallest absolute Gasteiger partial charge is 0.0991 e. The highest BCUT2D eigenvalue weighted by atomic mass is 15.0. The van der Waals surface area contributed by atoms with Crippen molar-refractivity contribution < 1.29 is 0 Å². The van der Waals surface area contributed by atoms with E-state index in [0.29, 0.717) is 5.56 Å². The van der Waals surface area contributed by atoms with Crippen LogP contribution in [-0.4, -0.2) is 4.57 Å². The lowest BCUT2D eigenvalue weighted by Gasteiger charge is -2.15. The molecule has 0 aliphatic carbocycles. The lowest BCUT2D eigenvalue weighted by molar-refractivity contribution is 1.18. The van der Waals surface area contributed by atoms with Crippen molar-refractivity contribution in [3.63, 3.8) is 0 Å². The SMILES string of the molecule is N#Cc1ccc2c(c1)c1cc(-c3cccc(-c4cc5c6cccc(-c7ccccc7)c6ccc5c5ccccc45)c3)ccc1n2-c1ccccc1. The first-order chi connectivity index (χ1) is 25.2. The average molecular weight is 647 g/mol. The molecule has 0 fully saturated rings. The minimum atomic E-state index is 0.661. The number of hydrogen-bond donors (Lipinski definition) is 0. The fourth-order valence-electron chi connectivity index (χ4n) is 8.05. The molecule has 2 heteroatoms. The summed E-state index contributed by atoms with van der Waals surface area (Å²) in [5.74, 6) is 0. The lowest BCUT2D eigenvalue weighted by Crippen LogP contribution is -1.93. The molecule has 1 aromatic heterocycles. The van der Waals surface area contributed by atoms with E-state index in [1.54, 1.807) is 0 Å². The van der Waals surface area contributed by atoms with Gasteiger partial charge >= 0.3 is 0 Å². The number of nitriles is 1. The maximum Gasteiger partial charge on any atom is 0.0991 e. The van der Waals surface area contributed by atoms with E-state index in [1.807, 2.05) is 18.2 Å². The van der Waals surface area contributed by atoms with E-state index in [0.717, 1.165) is 38.6 Å². The molecule has 0 saturated heterocycles. The highest BCUT2D eigenvalue weighted by Gasteiger charge is 2.16. The minimum absolute atomic E-state index is 0.661. The Hall–Kier alpha value is -6.95. The third-order valence-electron chi connectivity index (χ3n) is 10.4. The standard InChI is InChI=1S/C49H30N2/c50-31-32-21-25-48-46(27-32)47-29-35(22-26-49(47)51(48)37-15-5-2-6-16-37)34-13-9-14-36(28-34)44-30-45-41-20-10-19-38(33-11-3-1-4-12-33)42(41)23-24-43(45)39-17-7-8-18-40(39)44/h1-30H. The van der Waals surface area contributed by atoms with Crippen molar-refractivity contribution in [1.29, 1.82) is 5.26 Å². The molecule has 0 atom stereocenters. The van der Waals surface area contributed by atoms with E-state index in [1.165, 1.54) is 54.6 Å². The highest BCUT2D eigenvalue weighted by molar-refractivity contribution is 6.22. The number of benzene rings is 9. The first-order valence-electron chi connectivity index (χ1n) is 17.3. The molecule has 10 aromatic rings. The number of rotatable bonds is 4. The number of fused-ring (bicyclic) bond motifs is 8. The monoisotopic (exact) mass is 646 g/mol. The Morgan fingerprint density at radius 2 is 0.902 bits per heavy atom. The van der Waals surface area contributed by atoms with Crippen LogP contribution in [0.25, 0.3) is 93.2 Å². The molecule has 0 bridgehead atoms. The van der Waals surface area contributed by atoms with Gasteiger partial charge in [0.05, 0.1) is 22.7 Å².